The molecule has 17 heavy (non-hydrogen) atoms. The summed E-state index contributed by atoms with van der Waals surface area (Å²) < 4.78 is 0. The molecule has 1 aromatic carbocycles. The third-order valence-electron chi connectivity index (χ3n) is 3.69. The number of rotatable bonds is 1. The maximum Gasteiger partial charge on any atom is 0.237 e. The Morgan fingerprint density at radius 2 is 1.71 bits per heavy atom. The summed E-state index contributed by atoms with van der Waals surface area (Å²) in [6.07, 6.45) is 0.737. The van der Waals surface area contributed by atoms with Crippen molar-refractivity contribution in [2.24, 2.45) is 11.8 Å². The summed E-state index contributed by atoms with van der Waals surface area (Å²) in [5, 5.41) is 0. The van der Waals surface area contributed by atoms with Crippen LogP contribution < -0.4 is 10.6 Å². The molecule has 1 aliphatic carbocycles. The van der Waals surface area contributed by atoms with Crippen molar-refractivity contribution in [2.75, 3.05) is 10.6 Å². The van der Waals surface area contributed by atoms with Crippen LogP contribution >= 0.6 is 0 Å². The fraction of sp³-hybridized carbons (Fsp3) is 0.385. The van der Waals surface area contributed by atoms with Crippen LogP contribution in [0, 0.1) is 25.7 Å². The van der Waals surface area contributed by atoms with Crippen molar-refractivity contribution in [1.29, 1.82) is 0 Å². The second-order valence-electron chi connectivity index (χ2n) is 4.96. The number of nitrogen functional groups attached to an aromatic ring is 1. The minimum Gasteiger partial charge on any atom is -0.399 e. The first-order valence-corrected chi connectivity index (χ1v) is 5.75. The van der Waals surface area contributed by atoms with E-state index < -0.39 is 0 Å². The highest BCUT2D eigenvalue weighted by atomic mass is 16.2. The number of imide groups is 1. The van der Waals surface area contributed by atoms with Gasteiger partial charge in [0.1, 0.15) is 0 Å². The molecule has 0 aromatic heterocycles. The normalized spacial score (nSPS) is 26.4. The van der Waals surface area contributed by atoms with E-state index in [4.69, 9.17) is 5.73 Å². The van der Waals surface area contributed by atoms with Gasteiger partial charge in [-0.25, -0.2) is 4.90 Å². The number of carbonyl (C=O) groups is 2. The molecule has 2 unspecified atom stereocenters. The molecule has 2 amide bonds. The van der Waals surface area contributed by atoms with E-state index in [1.807, 2.05) is 26.0 Å². The fourth-order valence-electron chi connectivity index (χ4n) is 2.48. The molecule has 0 spiro atoms. The number of nitrogens with two attached hydrogens (primary N) is 1. The number of fused-ring (bicyclic) bond motifs is 1. The van der Waals surface area contributed by atoms with Gasteiger partial charge in [-0.1, -0.05) is 0 Å². The van der Waals surface area contributed by atoms with E-state index in [9.17, 15) is 9.59 Å². The lowest BCUT2D eigenvalue weighted by atomic mass is 10.1. The Hall–Kier alpha value is -1.84. The van der Waals surface area contributed by atoms with Gasteiger partial charge in [0, 0.05) is 5.69 Å². The molecule has 1 saturated heterocycles. The average Bonchev–Trinajstić information content (AvgIpc) is 3.00. The molecule has 1 aliphatic heterocycles. The van der Waals surface area contributed by atoms with Crippen molar-refractivity contribution in [3.63, 3.8) is 0 Å². The van der Waals surface area contributed by atoms with Gasteiger partial charge in [-0.05, 0) is 43.5 Å². The fourth-order valence-corrected chi connectivity index (χ4v) is 2.48. The molecule has 1 saturated carbocycles. The zero-order valence-corrected chi connectivity index (χ0v) is 9.86. The quantitative estimate of drug-likeness (QED) is 0.585. The van der Waals surface area contributed by atoms with E-state index >= 15 is 0 Å². The van der Waals surface area contributed by atoms with E-state index in [-0.39, 0.29) is 23.7 Å². The molecule has 0 bridgehead atoms. The molecular weight excluding hydrogens is 216 g/mol. The molecule has 2 aliphatic rings. The summed E-state index contributed by atoms with van der Waals surface area (Å²) in [6.45, 7) is 3.75. The predicted octanol–water partition coefficient (Wildman–Crippen LogP) is 1.39. The molecular formula is C13H14N2O2. The summed E-state index contributed by atoms with van der Waals surface area (Å²) in [7, 11) is 0. The van der Waals surface area contributed by atoms with Crippen LogP contribution in [0.25, 0.3) is 0 Å². The number of hydrogen-bond donors (Lipinski definition) is 1. The van der Waals surface area contributed by atoms with Crippen molar-refractivity contribution < 1.29 is 9.59 Å². The summed E-state index contributed by atoms with van der Waals surface area (Å²) in [5.74, 6) is -0.209. The number of nitrogens with zero attached hydrogens (tertiary/aromatic N) is 1. The lowest BCUT2D eigenvalue weighted by Crippen LogP contribution is -2.33. The number of anilines is 2. The first-order chi connectivity index (χ1) is 8.00. The van der Waals surface area contributed by atoms with Crippen molar-refractivity contribution in [1.82, 2.24) is 0 Å². The summed E-state index contributed by atoms with van der Waals surface area (Å²) in [4.78, 5) is 25.3. The number of aryl methyl sites for hydroxylation is 2. The molecule has 4 nitrogen and oxygen atoms in total. The van der Waals surface area contributed by atoms with Gasteiger partial charge in [-0.15, -0.1) is 0 Å². The molecule has 1 heterocycles. The lowest BCUT2D eigenvalue weighted by Gasteiger charge is -2.20. The van der Waals surface area contributed by atoms with E-state index in [1.165, 1.54) is 4.90 Å². The van der Waals surface area contributed by atoms with Crippen LogP contribution in [0.2, 0.25) is 0 Å². The van der Waals surface area contributed by atoms with Crippen molar-refractivity contribution in [3.8, 4) is 0 Å². The molecule has 3 rings (SSSR count). The van der Waals surface area contributed by atoms with E-state index in [1.54, 1.807) is 0 Å². The highest BCUT2D eigenvalue weighted by Gasteiger charge is 2.59. The van der Waals surface area contributed by atoms with Gasteiger partial charge in [0.05, 0.1) is 17.5 Å². The molecule has 4 heteroatoms. The Balaban J connectivity index is 2.08. The Morgan fingerprint density at radius 1 is 1.12 bits per heavy atom. The minimum absolute atomic E-state index is 0.0488. The first-order valence-electron chi connectivity index (χ1n) is 5.75. The Kier molecular flexibility index (Phi) is 1.88. The molecule has 2 N–H and O–H groups in total. The molecule has 88 valence electrons. The monoisotopic (exact) mass is 230 g/mol. The van der Waals surface area contributed by atoms with Crippen LogP contribution in [-0.2, 0) is 9.59 Å². The summed E-state index contributed by atoms with van der Waals surface area (Å²) in [5.41, 5.74) is 8.96. The third kappa shape index (κ3) is 1.30. The Labute approximate surface area is 99.4 Å². The van der Waals surface area contributed by atoms with Crippen LogP contribution in [0.4, 0.5) is 11.4 Å². The number of hydrogen-bond acceptors (Lipinski definition) is 3. The van der Waals surface area contributed by atoms with Gasteiger partial charge in [0.2, 0.25) is 11.8 Å². The number of benzene rings is 1. The number of amides is 2. The third-order valence-corrected chi connectivity index (χ3v) is 3.69. The highest BCUT2D eigenvalue weighted by molar-refractivity contribution is 6.25. The van der Waals surface area contributed by atoms with Crippen molar-refractivity contribution >= 4 is 23.2 Å². The van der Waals surface area contributed by atoms with Crippen LogP contribution in [0.1, 0.15) is 17.5 Å². The standard InChI is InChI=1S/C13H14N2O2/c1-6-4-11(7(2)3-10(6)14)15-12(16)8-5-9(8)13(15)17/h3-4,8-9H,5,14H2,1-2H3. The average molecular weight is 230 g/mol. The second kappa shape index (κ2) is 3.09. The van der Waals surface area contributed by atoms with Gasteiger partial charge in [0.15, 0.2) is 0 Å². The molecule has 2 fully saturated rings. The highest BCUT2D eigenvalue weighted by Crippen LogP contribution is 2.49. The zero-order valence-electron chi connectivity index (χ0n) is 9.86. The Bertz CT molecular complexity index is 531. The smallest absolute Gasteiger partial charge is 0.237 e. The van der Waals surface area contributed by atoms with E-state index in [0.717, 1.165) is 17.5 Å². The van der Waals surface area contributed by atoms with Gasteiger partial charge in [-0.2, -0.15) is 0 Å². The molecule has 1 aromatic rings. The minimum atomic E-state index is -0.0558. The second-order valence-corrected chi connectivity index (χ2v) is 4.96. The number of piperidine rings is 1. The SMILES string of the molecule is Cc1cc(N2C(=O)C3CC3C2=O)c(C)cc1N. The molecule has 2 atom stereocenters. The van der Waals surface area contributed by atoms with Gasteiger partial charge < -0.3 is 5.73 Å². The van der Waals surface area contributed by atoms with Gasteiger partial charge >= 0.3 is 0 Å². The number of carbonyl (C=O) groups excluding carboxylic acids is 2. The Morgan fingerprint density at radius 3 is 2.29 bits per heavy atom. The first kappa shape index (κ1) is 10.3. The topological polar surface area (TPSA) is 63.4 Å². The zero-order chi connectivity index (χ0) is 12.3. The lowest BCUT2D eigenvalue weighted by molar-refractivity contribution is -0.123. The summed E-state index contributed by atoms with van der Waals surface area (Å²) in [6, 6.07) is 3.64. The van der Waals surface area contributed by atoms with Gasteiger partial charge in [-0.3, -0.25) is 9.59 Å². The van der Waals surface area contributed by atoms with Crippen LogP contribution in [0.15, 0.2) is 12.1 Å². The van der Waals surface area contributed by atoms with E-state index in [2.05, 4.69) is 0 Å². The van der Waals surface area contributed by atoms with Crippen molar-refractivity contribution in [3.05, 3.63) is 23.3 Å². The van der Waals surface area contributed by atoms with Gasteiger partial charge in [0.25, 0.3) is 0 Å². The maximum absolute atomic E-state index is 12.0. The van der Waals surface area contributed by atoms with Crippen LogP contribution in [0.3, 0.4) is 0 Å². The van der Waals surface area contributed by atoms with E-state index in [0.29, 0.717) is 11.4 Å². The summed E-state index contributed by atoms with van der Waals surface area (Å²) >= 11 is 0. The predicted molar refractivity (Wildman–Crippen MR) is 64.4 cm³/mol. The van der Waals surface area contributed by atoms with Crippen molar-refractivity contribution in [2.45, 2.75) is 20.3 Å². The molecule has 0 radical (unpaired) electrons. The maximum atomic E-state index is 12.0. The van der Waals surface area contributed by atoms with Crippen LogP contribution in [-0.4, -0.2) is 11.8 Å². The largest absolute Gasteiger partial charge is 0.399 e. The van der Waals surface area contributed by atoms with Crippen LogP contribution in [0.5, 0.6) is 0 Å².